The van der Waals surface area contributed by atoms with E-state index >= 15 is 0 Å². The number of thiophene rings is 1. The molecule has 0 aliphatic carbocycles. The molecular formula is C20H19N3O3S2. The Morgan fingerprint density at radius 1 is 1.21 bits per heavy atom. The van der Waals surface area contributed by atoms with Gasteiger partial charge in [0.15, 0.2) is 10.8 Å². The molecule has 0 radical (unpaired) electrons. The first-order valence-electron chi connectivity index (χ1n) is 9.18. The van der Waals surface area contributed by atoms with Gasteiger partial charge in [0.25, 0.3) is 0 Å². The molecule has 0 N–H and O–H groups in total. The number of ether oxygens (including phenoxy) is 2. The normalized spacial score (nSPS) is 18.0. The number of rotatable bonds is 3. The lowest BCUT2D eigenvalue weighted by Crippen LogP contribution is -2.51. The highest BCUT2D eigenvalue weighted by molar-refractivity contribution is 7.22. The zero-order valence-corrected chi connectivity index (χ0v) is 17.0. The third-order valence-corrected chi connectivity index (χ3v) is 7.41. The molecule has 28 heavy (non-hydrogen) atoms. The Labute approximate surface area is 170 Å². The van der Waals surface area contributed by atoms with Crippen LogP contribution in [0.25, 0.3) is 9.88 Å². The summed E-state index contributed by atoms with van der Waals surface area (Å²) in [6.45, 7) is 1.61. The summed E-state index contributed by atoms with van der Waals surface area (Å²) >= 11 is 3.29. The van der Waals surface area contributed by atoms with Gasteiger partial charge in [-0.3, -0.25) is 4.79 Å². The van der Waals surface area contributed by atoms with Gasteiger partial charge in [-0.05, 0) is 29.6 Å². The molecule has 2 aromatic heterocycles. The second-order valence-corrected chi connectivity index (χ2v) is 9.00. The van der Waals surface area contributed by atoms with Crippen LogP contribution >= 0.6 is 22.7 Å². The van der Waals surface area contributed by atoms with E-state index in [1.165, 1.54) is 0 Å². The molecule has 6 nitrogen and oxygen atoms in total. The van der Waals surface area contributed by atoms with E-state index in [4.69, 9.17) is 9.47 Å². The summed E-state index contributed by atoms with van der Waals surface area (Å²) in [5.41, 5.74) is 0.202. The molecule has 1 saturated heterocycles. The number of carbonyl (C=O) groups is 1. The van der Waals surface area contributed by atoms with Crippen molar-refractivity contribution >= 4 is 33.6 Å². The molecule has 4 heterocycles. The van der Waals surface area contributed by atoms with Crippen LogP contribution in [-0.4, -0.2) is 41.8 Å². The Balaban J connectivity index is 1.31. The third-order valence-electron chi connectivity index (χ3n) is 5.39. The van der Waals surface area contributed by atoms with Crippen molar-refractivity contribution in [2.75, 3.05) is 25.1 Å². The number of hydrogen-bond acceptors (Lipinski definition) is 8. The third kappa shape index (κ3) is 3.06. The maximum atomic E-state index is 12.7. The Morgan fingerprint density at radius 2 is 2.07 bits per heavy atom. The fraction of sp³-hybridized carbons (Fsp3) is 0.350. The van der Waals surface area contributed by atoms with E-state index in [2.05, 4.69) is 21.2 Å². The molecule has 0 bridgehead atoms. The van der Waals surface area contributed by atoms with Gasteiger partial charge in [-0.2, -0.15) is 0 Å². The minimum Gasteiger partial charge on any atom is -0.497 e. The number of fused-ring (bicyclic) bond motifs is 1. The molecule has 1 fully saturated rings. The van der Waals surface area contributed by atoms with E-state index in [1.54, 1.807) is 35.8 Å². The van der Waals surface area contributed by atoms with Crippen molar-refractivity contribution in [3.8, 4) is 21.4 Å². The first-order valence-corrected chi connectivity index (χ1v) is 10.9. The summed E-state index contributed by atoms with van der Waals surface area (Å²) < 4.78 is 11.6. The zero-order valence-electron chi connectivity index (χ0n) is 15.4. The lowest BCUT2D eigenvalue weighted by atomic mass is 9.82. The Morgan fingerprint density at radius 3 is 2.82 bits per heavy atom. The van der Waals surface area contributed by atoms with E-state index in [0.717, 1.165) is 40.9 Å². The van der Waals surface area contributed by atoms with Crippen molar-refractivity contribution in [3.63, 3.8) is 0 Å². The lowest BCUT2D eigenvalue weighted by molar-refractivity contribution is 0.0231. The molecule has 144 valence electrons. The molecule has 0 atom stereocenters. The van der Waals surface area contributed by atoms with E-state index < -0.39 is 5.60 Å². The summed E-state index contributed by atoms with van der Waals surface area (Å²) in [4.78, 5) is 16.1. The second kappa shape index (κ2) is 6.86. The maximum absolute atomic E-state index is 12.7. The summed E-state index contributed by atoms with van der Waals surface area (Å²) in [6, 6.07) is 9.54. The van der Waals surface area contributed by atoms with Crippen LogP contribution in [0.3, 0.4) is 0 Å². The van der Waals surface area contributed by atoms with E-state index in [1.807, 2.05) is 23.6 Å². The highest BCUT2D eigenvalue weighted by atomic mass is 32.1. The van der Waals surface area contributed by atoms with Gasteiger partial charge in [0.1, 0.15) is 17.1 Å². The highest BCUT2D eigenvalue weighted by Gasteiger charge is 2.43. The summed E-state index contributed by atoms with van der Waals surface area (Å²) in [7, 11) is 1.60. The number of anilines is 1. The van der Waals surface area contributed by atoms with Crippen LogP contribution in [0.4, 0.5) is 5.13 Å². The Hall–Kier alpha value is -2.45. The number of piperidine rings is 1. The highest BCUT2D eigenvalue weighted by Crippen LogP contribution is 2.42. The summed E-state index contributed by atoms with van der Waals surface area (Å²) in [5, 5.41) is 12.7. The molecular weight excluding hydrogens is 394 g/mol. The standard InChI is InChI=1S/C20H19N3O3S2/c1-25-13-4-5-16-14(11-13)15(24)12-20(26-16)6-8-23(9-7-20)19-22-21-18(28-19)17-3-2-10-27-17/h2-5,10-11H,6-9,12H2,1H3. The number of aromatic nitrogens is 2. The topological polar surface area (TPSA) is 64.5 Å². The number of ketones is 1. The zero-order chi connectivity index (χ0) is 19.1. The van der Waals surface area contributed by atoms with Crippen LogP contribution in [0.5, 0.6) is 11.5 Å². The molecule has 8 heteroatoms. The quantitative estimate of drug-likeness (QED) is 0.639. The van der Waals surface area contributed by atoms with Crippen LogP contribution in [-0.2, 0) is 0 Å². The summed E-state index contributed by atoms with van der Waals surface area (Å²) in [6.07, 6.45) is 1.99. The number of Topliss-reactive ketones (excluding diaryl/α,β-unsaturated/α-hetero) is 1. The molecule has 5 rings (SSSR count). The van der Waals surface area contributed by atoms with Crippen LogP contribution in [0, 0.1) is 0 Å². The SMILES string of the molecule is COc1ccc2c(c1)C(=O)CC1(CCN(c3nnc(-c4cccs4)s3)CC1)O2. The average Bonchev–Trinajstić information content (AvgIpc) is 3.40. The van der Waals surface area contributed by atoms with Crippen molar-refractivity contribution in [2.24, 2.45) is 0 Å². The van der Waals surface area contributed by atoms with Gasteiger partial charge in [0.05, 0.1) is 24.0 Å². The maximum Gasteiger partial charge on any atom is 0.208 e. The first kappa shape index (κ1) is 17.6. The van der Waals surface area contributed by atoms with E-state index in [0.29, 0.717) is 23.5 Å². The van der Waals surface area contributed by atoms with Gasteiger partial charge in [0, 0.05) is 25.9 Å². The Bertz CT molecular complexity index is 1010. The first-order chi connectivity index (χ1) is 13.7. The fourth-order valence-corrected chi connectivity index (χ4v) is 5.52. The molecule has 0 saturated carbocycles. The molecule has 2 aliphatic rings. The van der Waals surface area contributed by atoms with Gasteiger partial charge in [-0.15, -0.1) is 21.5 Å². The fourth-order valence-electron chi connectivity index (χ4n) is 3.83. The van der Waals surface area contributed by atoms with Gasteiger partial charge in [-0.25, -0.2) is 0 Å². The van der Waals surface area contributed by atoms with Crippen molar-refractivity contribution < 1.29 is 14.3 Å². The van der Waals surface area contributed by atoms with Crippen LogP contribution in [0.1, 0.15) is 29.6 Å². The monoisotopic (exact) mass is 413 g/mol. The molecule has 0 amide bonds. The van der Waals surface area contributed by atoms with Gasteiger partial charge < -0.3 is 14.4 Å². The van der Waals surface area contributed by atoms with Gasteiger partial charge in [-0.1, -0.05) is 17.4 Å². The van der Waals surface area contributed by atoms with Crippen LogP contribution in [0.2, 0.25) is 0 Å². The second-order valence-electron chi connectivity index (χ2n) is 7.10. The number of methoxy groups -OCH3 is 1. The van der Waals surface area contributed by atoms with Crippen molar-refractivity contribution in [1.82, 2.24) is 10.2 Å². The smallest absolute Gasteiger partial charge is 0.208 e. The number of benzene rings is 1. The molecule has 0 unspecified atom stereocenters. The van der Waals surface area contributed by atoms with Crippen molar-refractivity contribution in [1.29, 1.82) is 0 Å². The van der Waals surface area contributed by atoms with Crippen LogP contribution < -0.4 is 14.4 Å². The number of hydrogen-bond donors (Lipinski definition) is 0. The molecule has 2 aliphatic heterocycles. The average molecular weight is 414 g/mol. The largest absolute Gasteiger partial charge is 0.497 e. The summed E-state index contributed by atoms with van der Waals surface area (Å²) in [5.74, 6) is 1.48. The minimum absolute atomic E-state index is 0.129. The van der Waals surface area contributed by atoms with Crippen LogP contribution in [0.15, 0.2) is 35.7 Å². The minimum atomic E-state index is -0.420. The lowest BCUT2D eigenvalue weighted by Gasteiger charge is -2.43. The number of nitrogens with zero attached hydrogens (tertiary/aromatic N) is 3. The molecule has 1 aromatic carbocycles. The van der Waals surface area contributed by atoms with Crippen molar-refractivity contribution in [2.45, 2.75) is 24.9 Å². The molecule has 1 spiro atoms. The van der Waals surface area contributed by atoms with Gasteiger partial charge >= 0.3 is 0 Å². The Kier molecular flexibility index (Phi) is 4.32. The van der Waals surface area contributed by atoms with E-state index in [-0.39, 0.29) is 5.78 Å². The van der Waals surface area contributed by atoms with Crippen molar-refractivity contribution in [3.05, 3.63) is 41.3 Å². The predicted molar refractivity (Wildman–Crippen MR) is 110 cm³/mol. The number of carbonyl (C=O) groups excluding carboxylic acids is 1. The predicted octanol–water partition coefficient (Wildman–Crippen LogP) is 4.28. The van der Waals surface area contributed by atoms with E-state index in [9.17, 15) is 4.79 Å². The van der Waals surface area contributed by atoms with Gasteiger partial charge in [0.2, 0.25) is 5.13 Å². The molecule has 3 aromatic rings.